The van der Waals surface area contributed by atoms with Gasteiger partial charge in [-0.1, -0.05) is 6.07 Å². The largest absolute Gasteiger partial charge is 0.418 e. The van der Waals surface area contributed by atoms with Gasteiger partial charge in [0.25, 0.3) is 0 Å². The quantitative estimate of drug-likeness (QED) is 0.798. The van der Waals surface area contributed by atoms with E-state index in [1.165, 1.54) is 24.9 Å². The molecule has 1 aromatic carbocycles. The number of alkyl halides is 3. The fraction of sp³-hybridized carbons (Fsp3) is 0.286. The zero-order valence-corrected chi connectivity index (χ0v) is 11.0. The molecule has 2 aromatic rings. The standard InChI is InChI=1S/C14H14F3NO2/c1-19-13(20-2)10-5-6-12(18-7-3-4-8-18)11(9-10)14(15,16)17/h3-9,13H,1-2H3. The molecule has 108 valence electrons. The highest BCUT2D eigenvalue weighted by molar-refractivity contribution is 5.46. The van der Waals surface area contributed by atoms with E-state index < -0.39 is 18.0 Å². The van der Waals surface area contributed by atoms with Crippen LogP contribution in [0.25, 0.3) is 5.69 Å². The maximum atomic E-state index is 13.2. The molecule has 0 bridgehead atoms. The minimum atomic E-state index is -4.46. The molecule has 0 aliphatic carbocycles. The first-order chi connectivity index (χ1) is 9.47. The first kappa shape index (κ1) is 14.6. The zero-order valence-electron chi connectivity index (χ0n) is 11.0. The van der Waals surface area contributed by atoms with Crippen molar-refractivity contribution in [2.24, 2.45) is 0 Å². The number of ether oxygens (including phenoxy) is 2. The minimum absolute atomic E-state index is 0.0669. The van der Waals surface area contributed by atoms with E-state index in [9.17, 15) is 13.2 Å². The Morgan fingerprint density at radius 1 is 1.05 bits per heavy atom. The zero-order chi connectivity index (χ0) is 14.8. The molecule has 0 atom stereocenters. The predicted molar refractivity (Wildman–Crippen MR) is 67.5 cm³/mol. The van der Waals surface area contributed by atoms with Gasteiger partial charge in [-0.25, -0.2) is 0 Å². The Morgan fingerprint density at radius 3 is 2.15 bits per heavy atom. The topological polar surface area (TPSA) is 23.4 Å². The average molecular weight is 285 g/mol. The molecular formula is C14H14F3NO2. The summed E-state index contributed by atoms with van der Waals surface area (Å²) in [6.07, 6.45) is -2.15. The fourth-order valence-electron chi connectivity index (χ4n) is 2.02. The molecule has 3 nitrogen and oxygen atoms in total. The van der Waals surface area contributed by atoms with Crippen LogP contribution in [0.5, 0.6) is 0 Å². The van der Waals surface area contributed by atoms with E-state index >= 15 is 0 Å². The summed E-state index contributed by atoms with van der Waals surface area (Å²) in [4.78, 5) is 0. The van der Waals surface area contributed by atoms with Gasteiger partial charge in [-0.15, -0.1) is 0 Å². The Balaban J connectivity index is 2.55. The van der Waals surface area contributed by atoms with Gasteiger partial charge in [0.1, 0.15) is 0 Å². The van der Waals surface area contributed by atoms with Crippen LogP contribution in [0.15, 0.2) is 42.7 Å². The highest BCUT2D eigenvalue weighted by Gasteiger charge is 2.34. The number of halogens is 3. The Labute approximate surface area is 114 Å². The van der Waals surface area contributed by atoms with Crippen LogP contribution in [0, 0.1) is 0 Å². The summed E-state index contributed by atoms with van der Waals surface area (Å²) in [5.74, 6) is 0. The highest BCUT2D eigenvalue weighted by atomic mass is 19.4. The lowest BCUT2D eigenvalue weighted by molar-refractivity contribution is -0.138. The third-order valence-corrected chi connectivity index (χ3v) is 2.91. The molecule has 0 unspecified atom stereocenters. The van der Waals surface area contributed by atoms with Gasteiger partial charge in [-0.2, -0.15) is 13.2 Å². The summed E-state index contributed by atoms with van der Waals surface area (Å²) in [6.45, 7) is 0. The molecule has 0 fully saturated rings. The first-order valence-electron chi connectivity index (χ1n) is 5.87. The summed E-state index contributed by atoms with van der Waals surface area (Å²) in [5, 5.41) is 0. The van der Waals surface area contributed by atoms with Crippen LogP contribution in [-0.2, 0) is 15.7 Å². The van der Waals surface area contributed by atoms with E-state index in [1.54, 1.807) is 30.6 Å². The van der Waals surface area contributed by atoms with E-state index in [1.807, 2.05) is 0 Å². The molecule has 1 aromatic heterocycles. The van der Waals surface area contributed by atoms with Crippen LogP contribution in [-0.4, -0.2) is 18.8 Å². The number of rotatable bonds is 4. The molecule has 20 heavy (non-hydrogen) atoms. The van der Waals surface area contributed by atoms with Crippen LogP contribution in [0.4, 0.5) is 13.2 Å². The van der Waals surface area contributed by atoms with E-state index in [0.717, 1.165) is 6.07 Å². The van der Waals surface area contributed by atoms with E-state index in [0.29, 0.717) is 5.56 Å². The van der Waals surface area contributed by atoms with Crippen LogP contribution >= 0.6 is 0 Å². The molecule has 2 rings (SSSR count). The number of methoxy groups -OCH3 is 2. The second kappa shape index (κ2) is 5.68. The van der Waals surface area contributed by atoms with Crippen molar-refractivity contribution in [2.75, 3.05) is 14.2 Å². The number of hydrogen-bond donors (Lipinski definition) is 0. The minimum Gasteiger partial charge on any atom is -0.352 e. The lowest BCUT2D eigenvalue weighted by Gasteiger charge is -2.18. The molecule has 0 amide bonds. The lowest BCUT2D eigenvalue weighted by Crippen LogP contribution is -2.13. The summed E-state index contributed by atoms with van der Waals surface area (Å²) >= 11 is 0. The molecular weight excluding hydrogens is 271 g/mol. The molecule has 0 N–H and O–H groups in total. The fourth-order valence-corrected chi connectivity index (χ4v) is 2.02. The van der Waals surface area contributed by atoms with Gasteiger partial charge in [-0.05, 0) is 24.3 Å². The summed E-state index contributed by atoms with van der Waals surface area (Å²) in [7, 11) is 2.75. The Hall–Kier alpha value is -1.79. The second-order valence-electron chi connectivity index (χ2n) is 4.17. The Morgan fingerprint density at radius 2 is 1.65 bits per heavy atom. The number of hydrogen-bond acceptors (Lipinski definition) is 2. The van der Waals surface area contributed by atoms with Crippen molar-refractivity contribution in [1.82, 2.24) is 4.57 Å². The monoisotopic (exact) mass is 285 g/mol. The molecule has 0 aliphatic heterocycles. The molecule has 0 saturated heterocycles. The molecule has 0 spiro atoms. The average Bonchev–Trinajstić information content (AvgIpc) is 2.93. The molecule has 1 heterocycles. The van der Waals surface area contributed by atoms with Crippen molar-refractivity contribution in [2.45, 2.75) is 12.5 Å². The van der Waals surface area contributed by atoms with Crippen LogP contribution in [0.3, 0.4) is 0 Å². The lowest BCUT2D eigenvalue weighted by atomic mass is 10.1. The Kier molecular flexibility index (Phi) is 4.15. The first-order valence-corrected chi connectivity index (χ1v) is 5.87. The maximum absolute atomic E-state index is 13.2. The summed E-state index contributed by atoms with van der Waals surface area (Å²) in [5.41, 5.74) is -0.347. The predicted octanol–water partition coefficient (Wildman–Crippen LogP) is 3.79. The maximum Gasteiger partial charge on any atom is 0.418 e. The number of nitrogens with zero attached hydrogens (tertiary/aromatic N) is 1. The molecule has 6 heteroatoms. The van der Waals surface area contributed by atoms with Gasteiger partial charge in [0.15, 0.2) is 6.29 Å². The molecule has 0 radical (unpaired) electrons. The van der Waals surface area contributed by atoms with E-state index in [2.05, 4.69) is 0 Å². The third kappa shape index (κ3) is 2.86. The Bertz CT molecular complexity index is 560. The second-order valence-corrected chi connectivity index (χ2v) is 4.17. The van der Waals surface area contributed by atoms with Gasteiger partial charge in [0.2, 0.25) is 0 Å². The van der Waals surface area contributed by atoms with Crippen molar-refractivity contribution < 1.29 is 22.6 Å². The third-order valence-electron chi connectivity index (χ3n) is 2.91. The number of aromatic nitrogens is 1. The van der Waals surface area contributed by atoms with E-state index in [4.69, 9.17) is 9.47 Å². The van der Waals surface area contributed by atoms with Crippen molar-refractivity contribution in [1.29, 1.82) is 0 Å². The van der Waals surface area contributed by atoms with Crippen molar-refractivity contribution in [3.8, 4) is 5.69 Å². The summed E-state index contributed by atoms with van der Waals surface area (Å²) in [6, 6.07) is 7.35. The van der Waals surface area contributed by atoms with Crippen LogP contribution in [0.1, 0.15) is 17.4 Å². The smallest absolute Gasteiger partial charge is 0.352 e. The van der Waals surface area contributed by atoms with Gasteiger partial charge >= 0.3 is 6.18 Å². The van der Waals surface area contributed by atoms with Gasteiger partial charge < -0.3 is 14.0 Å². The van der Waals surface area contributed by atoms with Gasteiger partial charge in [0, 0.05) is 32.2 Å². The SMILES string of the molecule is COC(OC)c1ccc(-n2cccc2)c(C(F)(F)F)c1. The van der Waals surface area contributed by atoms with Crippen molar-refractivity contribution >= 4 is 0 Å². The van der Waals surface area contributed by atoms with Gasteiger partial charge in [-0.3, -0.25) is 0 Å². The number of benzene rings is 1. The van der Waals surface area contributed by atoms with Crippen molar-refractivity contribution in [3.63, 3.8) is 0 Å². The van der Waals surface area contributed by atoms with E-state index in [-0.39, 0.29) is 5.69 Å². The van der Waals surface area contributed by atoms with Crippen molar-refractivity contribution in [3.05, 3.63) is 53.9 Å². The molecule has 0 saturated carbocycles. The molecule has 0 aliphatic rings. The normalized spacial score (nSPS) is 12.1. The highest BCUT2D eigenvalue weighted by Crippen LogP contribution is 2.36. The van der Waals surface area contributed by atoms with Gasteiger partial charge in [0.05, 0.1) is 11.3 Å². The van der Waals surface area contributed by atoms with Crippen LogP contribution in [0.2, 0.25) is 0 Å². The summed E-state index contributed by atoms with van der Waals surface area (Å²) < 4.78 is 51.0. The van der Waals surface area contributed by atoms with Crippen LogP contribution < -0.4 is 0 Å².